The van der Waals surface area contributed by atoms with Crippen LogP contribution in [0, 0.1) is 0 Å². The molecular formula is C27H20O4. The highest BCUT2D eigenvalue weighted by molar-refractivity contribution is 6.12. The summed E-state index contributed by atoms with van der Waals surface area (Å²) in [5.74, 6) is 1.31. The summed E-state index contributed by atoms with van der Waals surface area (Å²) in [7, 11) is 3.16. The molecule has 1 aliphatic heterocycles. The summed E-state index contributed by atoms with van der Waals surface area (Å²) in [6.07, 6.45) is 3.70. The van der Waals surface area contributed by atoms with Gasteiger partial charge in [0.1, 0.15) is 5.76 Å². The van der Waals surface area contributed by atoms with Crippen LogP contribution in [-0.2, 0) is 9.53 Å². The average Bonchev–Trinajstić information content (AvgIpc) is 3.18. The lowest BCUT2D eigenvalue weighted by Gasteiger charge is -2.09. The third-order valence-electron chi connectivity index (χ3n) is 5.51. The van der Waals surface area contributed by atoms with Crippen LogP contribution in [-0.4, -0.2) is 20.2 Å². The highest BCUT2D eigenvalue weighted by atomic mass is 16.5. The van der Waals surface area contributed by atoms with Gasteiger partial charge in [0, 0.05) is 5.56 Å². The number of carbonyl (C=O) groups excluding carboxylic acids is 1. The molecule has 0 fully saturated rings. The van der Waals surface area contributed by atoms with Gasteiger partial charge in [0.05, 0.1) is 19.8 Å². The Hall–Kier alpha value is -4.05. The molecule has 0 spiro atoms. The molecule has 4 aromatic carbocycles. The molecule has 5 rings (SSSR count). The van der Waals surface area contributed by atoms with Crippen LogP contribution < -0.4 is 9.47 Å². The van der Waals surface area contributed by atoms with Gasteiger partial charge in [0.15, 0.2) is 11.5 Å². The molecule has 1 aliphatic rings. The van der Waals surface area contributed by atoms with Crippen LogP contribution in [0.15, 0.2) is 84.4 Å². The second kappa shape index (κ2) is 7.65. The van der Waals surface area contributed by atoms with Gasteiger partial charge >= 0.3 is 5.97 Å². The highest BCUT2D eigenvalue weighted by Crippen LogP contribution is 2.36. The van der Waals surface area contributed by atoms with Crippen molar-refractivity contribution in [3.63, 3.8) is 0 Å². The molecule has 4 heteroatoms. The zero-order valence-corrected chi connectivity index (χ0v) is 17.2. The van der Waals surface area contributed by atoms with E-state index < -0.39 is 0 Å². The number of benzene rings is 4. The van der Waals surface area contributed by atoms with Gasteiger partial charge in [0.25, 0.3) is 0 Å². The molecule has 0 N–H and O–H groups in total. The fraction of sp³-hybridized carbons (Fsp3) is 0.0741. The molecule has 31 heavy (non-hydrogen) atoms. The normalized spacial score (nSPS) is 14.7. The van der Waals surface area contributed by atoms with E-state index in [9.17, 15) is 4.79 Å². The molecule has 1 heterocycles. The van der Waals surface area contributed by atoms with E-state index in [-0.39, 0.29) is 5.97 Å². The lowest BCUT2D eigenvalue weighted by molar-refractivity contribution is -0.130. The first-order valence-electron chi connectivity index (χ1n) is 9.96. The summed E-state index contributed by atoms with van der Waals surface area (Å²) in [4.78, 5) is 12.7. The third-order valence-corrected chi connectivity index (χ3v) is 5.51. The van der Waals surface area contributed by atoms with E-state index in [1.54, 1.807) is 32.4 Å². The van der Waals surface area contributed by atoms with Crippen molar-refractivity contribution in [3.8, 4) is 11.5 Å². The quantitative estimate of drug-likeness (QED) is 0.236. The Bertz CT molecular complexity index is 1340. The standard InChI is InChI=1S/C27H20O4/c1-29-24-12-11-19(15-26(24)30-2)25-16-20(27(28)31-25)14-23-21-9-5-3-7-17(21)13-18-8-4-6-10-22(18)23/h3-16H,1-2H3/b20-14+. The van der Waals surface area contributed by atoms with Gasteiger partial charge in [-0.1, -0.05) is 48.5 Å². The summed E-state index contributed by atoms with van der Waals surface area (Å²) in [6, 6.07) is 24.0. The highest BCUT2D eigenvalue weighted by Gasteiger charge is 2.23. The van der Waals surface area contributed by atoms with E-state index in [2.05, 4.69) is 30.3 Å². The predicted molar refractivity (Wildman–Crippen MR) is 123 cm³/mol. The van der Waals surface area contributed by atoms with E-state index in [0.29, 0.717) is 22.8 Å². The molecule has 4 aromatic rings. The molecule has 0 amide bonds. The molecule has 4 nitrogen and oxygen atoms in total. The maximum atomic E-state index is 12.7. The first-order chi connectivity index (χ1) is 15.2. The molecule has 0 atom stereocenters. The van der Waals surface area contributed by atoms with Crippen LogP contribution in [0.4, 0.5) is 0 Å². The maximum absolute atomic E-state index is 12.7. The number of hydrogen-bond donors (Lipinski definition) is 0. The molecule has 152 valence electrons. The molecule has 0 saturated heterocycles. The largest absolute Gasteiger partial charge is 0.493 e. The van der Waals surface area contributed by atoms with Crippen molar-refractivity contribution < 1.29 is 19.0 Å². The van der Waals surface area contributed by atoms with Gasteiger partial charge in [0.2, 0.25) is 0 Å². The Morgan fingerprint density at radius 2 is 1.42 bits per heavy atom. The zero-order chi connectivity index (χ0) is 21.4. The second-order valence-corrected chi connectivity index (χ2v) is 7.30. The molecule has 0 radical (unpaired) electrons. The Labute approximate surface area is 180 Å². The number of methoxy groups -OCH3 is 2. The fourth-order valence-corrected chi connectivity index (χ4v) is 3.98. The number of fused-ring (bicyclic) bond motifs is 2. The summed E-state index contributed by atoms with van der Waals surface area (Å²) >= 11 is 0. The van der Waals surface area contributed by atoms with Crippen LogP contribution in [0.1, 0.15) is 11.1 Å². The van der Waals surface area contributed by atoms with Crippen LogP contribution in [0.5, 0.6) is 11.5 Å². The first-order valence-corrected chi connectivity index (χ1v) is 9.96. The van der Waals surface area contributed by atoms with Gasteiger partial charge < -0.3 is 14.2 Å². The van der Waals surface area contributed by atoms with Gasteiger partial charge in [-0.3, -0.25) is 0 Å². The minimum Gasteiger partial charge on any atom is -0.493 e. The Balaban J connectivity index is 1.65. The number of carbonyl (C=O) groups is 1. The Morgan fingerprint density at radius 1 is 0.774 bits per heavy atom. The summed E-state index contributed by atoms with van der Waals surface area (Å²) in [6.45, 7) is 0. The topological polar surface area (TPSA) is 44.8 Å². The third kappa shape index (κ3) is 3.32. The first kappa shape index (κ1) is 18.9. The van der Waals surface area contributed by atoms with E-state index in [1.807, 2.05) is 36.4 Å². The van der Waals surface area contributed by atoms with E-state index >= 15 is 0 Å². The van der Waals surface area contributed by atoms with Gasteiger partial charge in [-0.05, 0) is 63.5 Å². The summed E-state index contributed by atoms with van der Waals surface area (Å²) < 4.78 is 16.3. The minimum atomic E-state index is -0.373. The number of cyclic esters (lactones) is 1. The van der Waals surface area contributed by atoms with Crippen molar-refractivity contribution in [2.24, 2.45) is 0 Å². The van der Waals surface area contributed by atoms with E-state index in [0.717, 1.165) is 32.7 Å². The zero-order valence-electron chi connectivity index (χ0n) is 17.2. The van der Waals surface area contributed by atoms with Crippen molar-refractivity contribution in [3.05, 3.63) is 95.6 Å². The second-order valence-electron chi connectivity index (χ2n) is 7.30. The number of rotatable bonds is 4. The summed E-state index contributed by atoms with van der Waals surface area (Å²) in [5, 5.41) is 4.44. The minimum absolute atomic E-state index is 0.373. The monoisotopic (exact) mass is 408 g/mol. The molecule has 0 bridgehead atoms. The van der Waals surface area contributed by atoms with E-state index in [1.165, 1.54) is 0 Å². The lowest BCUT2D eigenvalue weighted by atomic mass is 9.95. The molecule has 0 unspecified atom stereocenters. The van der Waals surface area contributed by atoms with Gasteiger partial charge in [-0.15, -0.1) is 0 Å². The Kier molecular flexibility index (Phi) is 4.68. The maximum Gasteiger partial charge on any atom is 0.343 e. The van der Waals surface area contributed by atoms with Crippen LogP contribution in [0.25, 0.3) is 33.4 Å². The van der Waals surface area contributed by atoms with Crippen molar-refractivity contribution >= 4 is 39.3 Å². The van der Waals surface area contributed by atoms with Crippen molar-refractivity contribution in [2.45, 2.75) is 0 Å². The number of hydrogen-bond acceptors (Lipinski definition) is 4. The van der Waals surface area contributed by atoms with Crippen molar-refractivity contribution in [2.75, 3.05) is 14.2 Å². The molecular weight excluding hydrogens is 388 g/mol. The molecule has 0 aromatic heterocycles. The van der Waals surface area contributed by atoms with Gasteiger partial charge in [-0.25, -0.2) is 4.79 Å². The average molecular weight is 408 g/mol. The fourth-order valence-electron chi connectivity index (χ4n) is 3.98. The van der Waals surface area contributed by atoms with Crippen molar-refractivity contribution in [1.29, 1.82) is 0 Å². The van der Waals surface area contributed by atoms with Crippen LogP contribution in [0.2, 0.25) is 0 Å². The molecule has 0 saturated carbocycles. The summed E-state index contributed by atoms with van der Waals surface area (Å²) in [5.41, 5.74) is 2.26. The number of ether oxygens (including phenoxy) is 3. The SMILES string of the molecule is COc1ccc(C2=C/C(=C\c3c4ccccc4cc4ccccc34)C(=O)O2)cc1OC. The predicted octanol–water partition coefficient (Wildman–Crippen LogP) is 5.99. The van der Waals surface area contributed by atoms with Gasteiger partial charge in [-0.2, -0.15) is 0 Å². The van der Waals surface area contributed by atoms with E-state index in [4.69, 9.17) is 14.2 Å². The Morgan fingerprint density at radius 3 is 2.06 bits per heavy atom. The van der Waals surface area contributed by atoms with Crippen LogP contribution in [0.3, 0.4) is 0 Å². The van der Waals surface area contributed by atoms with Crippen LogP contribution >= 0.6 is 0 Å². The van der Waals surface area contributed by atoms with Crippen molar-refractivity contribution in [1.82, 2.24) is 0 Å². The number of esters is 1. The molecule has 0 aliphatic carbocycles. The smallest absolute Gasteiger partial charge is 0.343 e. The lowest BCUT2D eigenvalue weighted by Crippen LogP contribution is -1.98.